The van der Waals surface area contributed by atoms with Gasteiger partial charge >= 0.3 is 6.09 Å². The molecule has 1 N–H and O–H groups in total. The van der Waals surface area contributed by atoms with Gasteiger partial charge in [-0.15, -0.1) is 11.3 Å². The van der Waals surface area contributed by atoms with E-state index in [1.165, 1.54) is 17.7 Å². The number of ether oxygens (including phenoxy) is 1. The number of piperidine rings is 3. The summed E-state index contributed by atoms with van der Waals surface area (Å²) >= 11 is 1.65. The third kappa shape index (κ3) is 4.85. The lowest BCUT2D eigenvalue weighted by atomic mass is 9.73. The van der Waals surface area contributed by atoms with Crippen molar-refractivity contribution in [1.29, 1.82) is 0 Å². The number of hydrogen-bond acceptors (Lipinski definition) is 3. The maximum absolute atomic E-state index is 13.3. The number of carbonyl (C=O) groups excluding carboxylic acids is 1. The van der Waals surface area contributed by atoms with Crippen LogP contribution in [-0.2, 0) is 17.7 Å². The Kier molecular flexibility index (Phi) is 6.77. The van der Waals surface area contributed by atoms with Crippen LogP contribution in [-0.4, -0.2) is 36.4 Å². The van der Waals surface area contributed by atoms with E-state index in [2.05, 4.69) is 24.9 Å². The van der Waals surface area contributed by atoms with Gasteiger partial charge in [-0.2, -0.15) is 0 Å². The SMILES string of the molecule is C=CC[N+]12CCC(CC1)[C@@H](CCc1ccc(F)cc1)C2OC(=O)NCc1sccc1C. The Morgan fingerprint density at radius 1 is 1.29 bits per heavy atom. The monoisotopic (exact) mass is 443 g/mol. The van der Waals surface area contributed by atoms with Crippen LogP contribution in [0.2, 0.25) is 0 Å². The lowest BCUT2D eigenvalue weighted by molar-refractivity contribution is -0.984. The Morgan fingerprint density at radius 3 is 2.68 bits per heavy atom. The van der Waals surface area contributed by atoms with Crippen LogP contribution in [0.25, 0.3) is 0 Å². The van der Waals surface area contributed by atoms with Gasteiger partial charge < -0.3 is 10.1 Å². The normalized spacial score (nSPS) is 27.1. The number of nitrogens with one attached hydrogen (secondary N) is 1. The molecule has 1 amide bonds. The molecule has 4 nitrogen and oxygen atoms in total. The summed E-state index contributed by atoms with van der Waals surface area (Å²) in [6.07, 6.45) is 5.61. The van der Waals surface area contributed by atoms with Crippen molar-refractivity contribution in [1.82, 2.24) is 5.32 Å². The molecular formula is C25H32FN2O2S+. The minimum absolute atomic E-state index is 0.157. The van der Waals surface area contributed by atoms with Crippen LogP contribution in [0.15, 0.2) is 48.4 Å². The molecule has 3 saturated heterocycles. The van der Waals surface area contributed by atoms with Gasteiger partial charge in [-0.1, -0.05) is 18.7 Å². The van der Waals surface area contributed by atoms with Gasteiger partial charge in [-0.05, 0) is 66.5 Å². The summed E-state index contributed by atoms with van der Waals surface area (Å²) in [4.78, 5) is 13.9. The van der Waals surface area contributed by atoms with Gasteiger partial charge in [0.15, 0.2) is 0 Å². The Hall–Kier alpha value is -2.18. The van der Waals surface area contributed by atoms with Crippen LogP contribution in [0.1, 0.15) is 35.3 Å². The summed E-state index contributed by atoms with van der Waals surface area (Å²) in [5, 5.41) is 5.01. The zero-order valence-corrected chi connectivity index (χ0v) is 19.0. The second-order valence-corrected chi connectivity index (χ2v) is 9.98. The molecule has 6 heteroatoms. The fourth-order valence-electron chi connectivity index (χ4n) is 5.42. The first kappa shape index (κ1) is 22.0. The van der Waals surface area contributed by atoms with Crippen molar-refractivity contribution >= 4 is 17.4 Å². The number of rotatable bonds is 8. The summed E-state index contributed by atoms with van der Waals surface area (Å²) in [6, 6.07) is 8.82. The summed E-state index contributed by atoms with van der Waals surface area (Å²) in [6.45, 7) is 9.42. The van der Waals surface area contributed by atoms with E-state index in [9.17, 15) is 9.18 Å². The Balaban J connectivity index is 1.46. The van der Waals surface area contributed by atoms with E-state index < -0.39 is 0 Å². The van der Waals surface area contributed by atoms with Crippen LogP contribution < -0.4 is 5.32 Å². The molecule has 0 radical (unpaired) electrons. The minimum Gasteiger partial charge on any atom is -0.396 e. The van der Waals surface area contributed by atoms with Gasteiger partial charge in [0.25, 0.3) is 0 Å². The third-order valence-corrected chi connectivity index (χ3v) is 8.19. The molecule has 1 unspecified atom stereocenters. The number of thiophene rings is 1. The molecule has 3 fully saturated rings. The number of aryl methyl sites for hydroxylation is 2. The van der Waals surface area contributed by atoms with Crippen LogP contribution in [0, 0.1) is 24.6 Å². The molecule has 5 rings (SSSR count). The largest absolute Gasteiger partial charge is 0.411 e. The van der Waals surface area contributed by atoms with Crippen molar-refractivity contribution in [3.8, 4) is 0 Å². The second-order valence-electron chi connectivity index (χ2n) is 8.98. The molecule has 3 aliphatic rings. The van der Waals surface area contributed by atoms with Crippen molar-refractivity contribution in [2.75, 3.05) is 19.6 Å². The van der Waals surface area contributed by atoms with Crippen molar-refractivity contribution in [3.05, 3.63) is 70.2 Å². The minimum atomic E-state index is -0.335. The molecule has 3 aliphatic heterocycles. The van der Waals surface area contributed by atoms with Gasteiger partial charge in [0, 0.05) is 17.7 Å². The molecule has 2 atom stereocenters. The highest BCUT2D eigenvalue weighted by atomic mass is 32.1. The standard InChI is InChI=1S/C25H31FN2O2S/c1-3-13-28-14-10-20(11-15-28)22(9-6-19-4-7-21(26)8-5-19)24(28)30-25(29)27-17-23-18(2)12-16-31-23/h3-5,7-8,12,16,20,22,24H,1,6,9-11,13-15,17H2,2H3/p+1/t20?,22-,24?,28?/m1/s1. The number of amides is 1. The van der Waals surface area contributed by atoms with Gasteiger partial charge in [-0.25, -0.2) is 9.18 Å². The lowest BCUT2D eigenvalue weighted by Crippen LogP contribution is -2.69. The molecule has 2 bridgehead atoms. The van der Waals surface area contributed by atoms with Crippen LogP contribution in [0.4, 0.5) is 9.18 Å². The van der Waals surface area contributed by atoms with E-state index in [0.29, 0.717) is 18.4 Å². The molecule has 4 heterocycles. The van der Waals surface area contributed by atoms with E-state index >= 15 is 0 Å². The predicted molar refractivity (Wildman–Crippen MR) is 122 cm³/mol. The quantitative estimate of drug-likeness (QED) is 0.437. The molecule has 31 heavy (non-hydrogen) atoms. The van der Waals surface area contributed by atoms with Crippen molar-refractivity contribution < 1.29 is 18.4 Å². The summed E-state index contributed by atoms with van der Waals surface area (Å²) in [7, 11) is 0. The molecular weight excluding hydrogens is 411 g/mol. The fourth-order valence-corrected chi connectivity index (χ4v) is 6.26. The second kappa shape index (κ2) is 9.53. The van der Waals surface area contributed by atoms with E-state index in [1.54, 1.807) is 11.3 Å². The van der Waals surface area contributed by atoms with Crippen molar-refractivity contribution in [3.63, 3.8) is 0 Å². The summed E-state index contributed by atoms with van der Waals surface area (Å²) in [5.41, 5.74) is 2.32. The first-order valence-corrected chi connectivity index (χ1v) is 12.1. The van der Waals surface area contributed by atoms with Crippen LogP contribution in [0.5, 0.6) is 0 Å². The summed E-state index contributed by atoms with van der Waals surface area (Å²) in [5.74, 6) is 0.672. The number of alkyl carbamates (subject to hydrolysis) is 1. The Morgan fingerprint density at radius 2 is 2.03 bits per heavy atom. The molecule has 1 aromatic carbocycles. The summed E-state index contributed by atoms with van der Waals surface area (Å²) < 4.78 is 20.2. The van der Waals surface area contributed by atoms with Gasteiger partial charge in [0.2, 0.25) is 6.23 Å². The Labute approximate surface area is 188 Å². The van der Waals surface area contributed by atoms with E-state index in [-0.39, 0.29) is 18.1 Å². The van der Waals surface area contributed by atoms with Crippen LogP contribution in [0.3, 0.4) is 0 Å². The third-order valence-electron chi connectivity index (χ3n) is 7.16. The molecule has 0 spiro atoms. The van der Waals surface area contributed by atoms with Crippen molar-refractivity contribution in [2.45, 2.75) is 45.4 Å². The van der Waals surface area contributed by atoms with E-state index in [1.807, 2.05) is 23.6 Å². The molecule has 166 valence electrons. The molecule has 1 aromatic heterocycles. The Bertz CT molecular complexity index is 903. The average molecular weight is 444 g/mol. The number of quaternary nitrogens is 1. The fraction of sp³-hybridized carbons (Fsp3) is 0.480. The zero-order chi connectivity index (χ0) is 21.8. The van der Waals surface area contributed by atoms with Gasteiger partial charge in [-0.3, -0.25) is 4.48 Å². The van der Waals surface area contributed by atoms with Gasteiger partial charge in [0.05, 0.1) is 32.1 Å². The number of hydrogen-bond donors (Lipinski definition) is 1. The molecule has 2 aromatic rings. The molecule has 0 saturated carbocycles. The first-order valence-electron chi connectivity index (χ1n) is 11.2. The average Bonchev–Trinajstić information content (AvgIpc) is 3.18. The maximum Gasteiger partial charge on any atom is 0.411 e. The lowest BCUT2D eigenvalue weighted by Gasteiger charge is -2.56. The number of fused-ring (bicyclic) bond motifs is 3. The highest BCUT2D eigenvalue weighted by molar-refractivity contribution is 7.10. The number of benzene rings is 1. The van der Waals surface area contributed by atoms with Gasteiger partial charge in [0.1, 0.15) is 5.82 Å². The highest BCUT2D eigenvalue weighted by Gasteiger charge is 2.54. The number of halogens is 1. The zero-order valence-electron chi connectivity index (χ0n) is 18.2. The first-order chi connectivity index (χ1) is 15.0. The topological polar surface area (TPSA) is 38.3 Å². The smallest absolute Gasteiger partial charge is 0.396 e. The number of carbonyl (C=O) groups is 1. The predicted octanol–water partition coefficient (Wildman–Crippen LogP) is 5.42. The van der Waals surface area contributed by atoms with E-state index in [0.717, 1.165) is 60.2 Å². The van der Waals surface area contributed by atoms with Crippen molar-refractivity contribution in [2.24, 2.45) is 11.8 Å². The van der Waals surface area contributed by atoms with E-state index in [4.69, 9.17) is 4.74 Å². The maximum atomic E-state index is 13.3. The van der Waals surface area contributed by atoms with Crippen LogP contribution >= 0.6 is 11.3 Å². The highest BCUT2D eigenvalue weighted by Crippen LogP contribution is 2.45. The number of nitrogens with zero attached hydrogens (tertiary/aromatic N) is 1. The molecule has 0 aliphatic carbocycles.